The molecule has 0 fully saturated rings. The van der Waals surface area contributed by atoms with E-state index in [0.717, 1.165) is 35.9 Å². The number of carbonyl (C=O) groups excluding carboxylic acids is 1. The number of hydrogen-bond donors (Lipinski definition) is 0. The molecule has 1 aliphatic rings. The van der Waals surface area contributed by atoms with Gasteiger partial charge in [-0.05, 0) is 30.5 Å². The lowest BCUT2D eigenvalue weighted by Crippen LogP contribution is -2.44. The lowest BCUT2D eigenvalue weighted by molar-refractivity contribution is -0.119. The fourth-order valence-corrected chi connectivity index (χ4v) is 4.06. The Balaban J connectivity index is 1.83. The number of aryl methyl sites for hydroxylation is 1. The summed E-state index contributed by atoms with van der Waals surface area (Å²) < 4.78 is 31.1. The van der Waals surface area contributed by atoms with Gasteiger partial charge in [-0.25, -0.2) is 8.42 Å². The minimum absolute atomic E-state index is 0.0874. The summed E-state index contributed by atoms with van der Waals surface area (Å²) >= 11 is 0. The van der Waals surface area contributed by atoms with Crippen molar-refractivity contribution in [2.45, 2.75) is 19.4 Å². The fourth-order valence-electron chi connectivity index (χ4n) is 3.34. The van der Waals surface area contributed by atoms with Crippen LogP contribution in [0.3, 0.4) is 0 Å². The van der Waals surface area contributed by atoms with E-state index in [1.807, 2.05) is 36.4 Å². The van der Waals surface area contributed by atoms with Crippen LogP contribution < -0.4 is 9.64 Å². The molecule has 0 unspecified atom stereocenters. The molecule has 1 aliphatic heterocycles. The molecule has 0 aromatic heterocycles. The van der Waals surface area contributed by atoms with Crippen LogP contribution in [0.25, 0.3) is 0 Å². The smallest absolute Gasteiger partial charge is 0.242 e. The van der Waals surface area contributed by atoms with Gasteiger partial charge in [-0.15, -0.1) is 0 Å². The van der Waals surface area contributed by atoms with E-state index < -0.39 is 10.0 Å². The summed E-state index contributed by atoms with van der Waals surface area (Å²) in [4.78, 5) is 14.6. The topological polar surface area (TPSA) is 66.9 Å². The molecule has 0 aliphatic carbocycles. The van der Waals surface area contributed by atoms with Crippen molar-refractivity contribution in [2.24, 2.45) is 0 Å². The number of fused-ring (bicyclic) bond motifs is 1. The quantitative estimate of drug-likeness (QED) is 0.762. The van der Waals surface area contributed by atoms with Gasteiger partial charge in [-0.2, -0.15) is 4.31 Å². The van der Waals surface area contributed by atoms with Crippen molar-refractivity contribution in [2.75, 3.05) is 31.4 Å². The molecule has 6 nitrogen and oxygen atoms in total. The molecule has 0 atom stereocenters. The van der Waals surface area contributed by atoms with Crippen molar-refractivity contribution in [1.29, 1.82) is 0 Å². The number of ether oxygens (including phenoxy) is 1. The van der Waals surface area contributed by atoms with E-state index in [9.17, 15) is 13.2 Å². The Morgan fingerprint density at radius 1 is 1.15 bits per heavy atom. The van der Waals surface area contributed by atoms with Crippen LogP contribution in [0.4, 0.5) is 5.69 Å². The first-order valence-electron chi connectivity index (χ1n) is 8.85. The van der Waals surface area contributed by atoms with E-state index in [2.05, 4.69) is 0 Å². The average molecular weight is 388 g/mol. The summed E-state index contributed by atoms with van der Waals surface area (Å²) in [5.41, 5.74) is 2.71. The number of carbonyl (C=O) groups is 1. The normalized spacial score (nSPS) is 14.1. The van der Waals surface area contributed by atoms with Gasteiger partial charge >= 0.3 is 0 Å². The van der Waals surface area contributed by atoms with Gasteiger partial charge in [0.05, 0.1) is 19.9 Å². The highest BCUT2D eigenvalue weighted by Crippen LogP contribution is 2.27. The summed E-state index contributed by atoms with van der Waals surface area (Å²) in [6.07, 6.45) is 2.92. The third kappa shape index (κ3) is 4.48. The van der Waals surface area contributed by atoms with E-state index in [1.54, 1.807) is 24.1 Å². The Bertz CT molecular complexity index is 927. The summed E-state index contributed by atoms with van der Waals surface area (Å²) in [7, 11) is -2.03. The maximum Gasteiger partial charge on any atom is 0.242 e. The van der Waals surface area contributed by atoms with Crippen LogP contribution in [0, 0.1) is 0 Å². The van der Waals surface area contributed by atoms with Crippen LogP contribution in [0.2, 0.25) is 0 Å². The second kappa shape index (κ2) is 8.10. The Morgan fingerprint density at radius 2 is 1.85 bits per heavy atom. The number of para-hydroxylation sites is 2. The van der Waals surface area contributed by atoms with Gasteiger partial charge in [0.1, 0.15) is 5.75 Å². The van der Waals surface area contributed by atoms with Crippen LogP contribution >= 0.6 is 0 Å². The zero-order valence-corrected chi connectivity index (χ0v) is 16.4. The van der Waals surface area contributed by atoms with Crippen molar-refractivity contribution in [3.05, 3.63) is 59.7 Å². The molecule has 2 aromatic carbocycles. The molecule has 7 heteroatoms. The average Bonchev–Trinajstić information content (AvgIpc) is 2.66. The molecule has 0 saturated heterocycles. The molecule has 0 bridgehead atoms. The Hall–Kier alpha value is -2.38. The largest absolute Gasteiger partial charge is 0.496 e. The van der Waals surface area contributed by atoms with Crippen LogP contribution in [0.15, 0.2) is 48.5 Å². The number of nitrogens with zero attached hydrogens (tertiary/aromatic N) is 2. The SMILES string of the molecule is COc1ccccc1CN(CC(=O)N1CCCc2ccccc21)S(C)(=O)=O. The van der Waals surface area contributed by atoms with Crippen LogP contribution in [-0.4, -0.2) is 45.1 Å². The number of amides is 1. The summed E-state index contributed by atoms with van der Waals surface area (Å²) in [5, 5.41) is 0. The van der Waals surface area contributed by atoms with E-state index in [-0.39, 0.29) is 19.0 Å². The highest BCUT2D eigenvalue weighted by Gasteiger charge is 2.27. The monoisotopic (exact) mass is 388 g/mol. The molecule has 1 heterocycles. The summed E-state index contributed by atoms with van der Waals surface area (Å²) in [5.74, 6) is 0.379. The van der Waals surface area contributed by atoms with E-state index in [0.29, 0.717) is 12.3 Å². The fraction of sp³-hybridized carbons (Fsp3) is 0.350. The first kappa shape index (κ1) is 19.4. The van der Waals surface area contributed by atoms with Gasteiger partial charge in [0, 0.05) is 24.3 Å². The zero-order valence-electron chi connectivity index (χ0n) is 15.6. The van der Waals surface area contributed by atoms with Gasteiger partial charge in [-0.3, -0.25) is 4.79 Å². The summed E-state index contributed by atoms with van der Waals surface area (Å²) in [6, 6.07) is 15.0. The zero-order chi connectivity index (χ0) is 19.4. The second-order valence-corrected chi connectivity index (χ2v) is 8.60. The molecular formula is C20H24N2O4S. The van der Waals surface area contributed by atoms with Gasteiger partial charge < -0.3 is 9.64 Å². The van der Waals surface area contributed by atoms with Crippen molar-refractivity contribution in [3.8, 4) is 5.75 Å². The number of rotatable bonds is 6. The molecule has 27 heavy (non-hydrogen) atoms. The van der Waals surface area contributed by atoms with Crippen LogP contribution in [0.1, 0.15) is 17.5 Å². The number of benzene rings is 2. The number of anilines is 1. The van der Waals surface area contributed by atoms with Crippen LogP contribution in [-0.2, 0) is 27.8 Å². The first-order chi connectivity index (χ1) is 12.9. The van der Waals surface area contributed by atoms with Crippen molar-refractivity contribution < 1.29 is 17.9 Å². The standard InChI is InChI=1S/C20H24N2O4S/c1-26-19-12-6-4-9-17(19)14-21(27(2,24)25)15-20(23)22-13-7-10-16-8-3-5-11-18(16)22/h3-6,8-9,11-12H,7,10,13-15H2,1-2H3. The Morgan fingerprint density at radius 3 is 2.59 bits per heavy atom. The Labute approximate surface area is 160 Å². The predicted octanol–water partition coefficient (Wildman–Crippen LogP) is 2.44. The molecule has 0 saturated carbocycles. The third-order valence-electron chi connectivity index (χ3n) is 4.73. The molecule has 3 rings (SSSR count). The molecule has 0 radical (unpaired) electrons. The first-order valence-corrected chi connectivity index (χ1v) is 10.7. The van der Waals surface area contributed by atoms with Gasteiger partial charge in [0.2, 0.25) is 15.9 Å². The Kier molecular flexibility index (Phi) is 5.82. The third-order valence-corrected chi connectivity index (χ3v) is 5.93. The lowest BCUT2D eigenvalue weighted by Gasteiger charge is -2.31. The minimum Gasteiger partial charge on any atom is -0.496 e. The van der Waals surface area contributed by atoms with E-state index in [4.69, 9.17) is 4.74 Å². The minimum atomic E-state index is -3.57. The van der Waals surface area contributed by atoms with Gasteiger partial charge in [0.15, 0.2) is 0 Å². The van der Waals surface area contributed by atoms with E-state index >= 15 is 0 Å². The highest BCUT2D eigenvalue weighted by atomic mass is 32.2. The van der Waals surface area contributed by atoms with Gasteiger partial charge in [0.25, 0.3) is 0 Å². The number of hydrogen-bond acceptors (Lipinski definition) is 4. The lowest BCUT2D eigenvalue weighted by atomic mass is 10.0. The van der Waals surface area contributed by atoms with E-state index in [1.165, 1.54) is 4.31 Å². The molecule has 0 N–H and O–H groups in total. The molecule has 1 amide bonds. The summed E-state index contributed by atoms with van der Waals surface area (Å²) in [6.45, 7) is 0.484. The van der Waals surface area contributed by atoms with Crippen molar-refractivity contribution in [3.63, 3.8) is 0 Å². The maximum atomic E-state index is 13.0. The molecule has 0 spiro atoms. The molecule has 144 valence electrons. The predicted molar refractivity (Wildman–Crippen MR) is 105 cm³/mol. The van der Waals surface area contributed by atoms with Crippen LogP contribution in [0.5, 0.6) is 5.75 Å². The second-order valence-electron chi connectivity index (χ2n) is 6.62. The van der Waals surface area contributed by atoms with Gasteiger partial charge in [-0.1, -0.05) is 36.4 Å². The van der Waals surface area contributed by atoms with Crippen molar-refractivity contribution >= 4 is 21.6 Å². The number of methoxy groups -OCH3 is 1. The maximum absolute atomic E-state index is 13.0. The highest BCUT2D eigenvalue weighted by molar-refractivity contribution is 7.88. The van der Waals surface area contributed by atoms with Crippen molar-refractivity contribution in [1.82, 2.24) is 4.31 Å². The molecular weight excluding hydrogens is 364 g/mol. The molecule has 2 aromatic rings. The number of sulfonamides is 1.